The van der Waals surface area contributed by atoms with E-state index in [0.29, 0.717) is 22.4 Å². The summed E-state index contributed by atoms with van der Waals surface area (Å²) < 4.78 is 26.2. The molecule has 2 aromatic carbocycles. The number of aryl methyl sites for hydroxylation is 1. The first-order valence-electron chi connectivity index (χ1n) is 7.42. The molecule has 25 heavy (non-hydrogen) atoms. The summed E-state index contributed by atoms with van der Waals surface area (Å²) in [6, 6.07) is 11.4. The number of nitrogens with two attached hydrogens (primary N) is 1. The number of benzene rings is 2. The van der Waals surface area contributed by atoms with Crippen LogP contribution in [0.2, 0.25) is 0 Å². The first kappa shape index (κ1) is 17.1. The molecule has 3 aromatic rings. The van der Waals surface area contributed by atoms with Gasteiger partial charge in [0.15, 0.2) is 11.6 Å². The maximum Gasteiger partial charge on any atom is 0.232 e. The van der Waals surface area contributed by atoms with E-state index in [4.69, 9.17) is 5.73 Å². The normalized spacial score (nSPS) is 10.7. The van der Waals surface area contributed by atoms with Gasteiger partial charge < -0.3 is 11.1 Å². The van der Waals surface area contributed by atoms with Crippen LogP contribution in [-0.2, 0) is 5.75 Å². The molecule has 128 valence electrons. The molecule has 0 amide bonds. The van der Waals surface area contributed by atoms with Gasteiger partial charge in [-0.15, -0.1) is 11.8 Å². The fourth-order valence-corrected chi connectivity index (χ4v) is 2.88. The van der Waals surface area contributed by atoms with Crippen molar-refractivity contribution in [3.05, 3.63) is 65.5 Å². The summed E-state index contributed by atoms with van der Waals surface area (Å²) in [6.07, 6.45) is 0. The van der Waals surface area contributed by atoms with Gasteiger partial charge in [-0.3, -0.25) is 0 Å². The van der Waals surface area contributed by atoms with Gasteiger partial charge in [0, 0.05) is 10.6 Å². The number of halogens is 2. The average molecular weight is 359 g/mol. The van der Waals surface area contributed by atoms with Gasteiger partial charge in [0.1, 0.15) is 5.82 Å². The molecule has 0 spiro atoms. The maximum absolute atomic E-state index is 13.3. The van der Waals surface area contributed by atoms with Crippen LogP contribution in [0.15, 0.2) is 47.4 Å². The van der Waals surface area contributed by atoms with E-state index in [1.807, 2.05) is 31.2 Å². The molecule has 0 aliphatic rings. The van der Waals surface area contributed by atoms with Crippen molar-refractivity contribution in [2.24, 2.45) is 0 Å². The summed E-state index contributed by atoms with van der Waals surface area (Å²) in [5.41, 5.74) is 7.65. The lowest BCUT2D eigenvalue weighted by molar-refractivity contribution is 0.506. The molecule has 5 nitrogen and oxygen atoms in total. The van der Waals surface area contributed by atoms with E-state index in [0.717, 1.165) is 23.4 Å². The average Bonchev–Trinajstić information content (AvgIpc) is 2.58. The highest BCUT2D eigenvalue weighted by molar-refractivity contribution is 7.98. The number of thioether (sulfide) groups is 1. The van der Waals surface area contributed by atoms with Gasteiger partial charge in [-0.25, -0.2) is 8.78 Å². The standard InChI is InChI=1S/C17H15F2N5S/c1-10-4-2-3-5-14(10)21-17-23-15(22-16(20)24-17)9-25-11-6-7-12(18)13(19)8-11/h2-8H,9H2,1H3,(H3,20,21,22,23,24). The molecule has 1 aromatic heterocycles. The van der Waals surface area contributed by atoms with Crippen LogP contribution < -0.4 is 11.1 Å². The highest BCUT2D eigenvalue weighted by atomic mass is 32.2. The molecule has 0 aliphatic heterocycles. The monoisotopic (exact) mass is 359 g/mol. The van der Waals surface area contributed by atoms with Gasteiger partial charge in [-0.1, -0.05) is 18.2 Å². The smallest absolute Gasteiger partial charge is 0.232 e. The first-order valence-corrected chi connectivity index (χ1v) is 8.41. The summed E-state index contributed by atoms with van der Waals surface area (Å²) in [4.78, 5) is 13.1. The summed E-state index contributed by atoms with van der Waals surface area (Å²) in [7, 11) is 0. The van der Waals surface area contributed by atoms with Crippen molar-refractivity contribution in [2.75, 3.05) is 11.1 Å². The Hall–Kier alpha value is -2.74. The van der Waals surface area contributed by atoms with Crippen LogP contribution in [0, 0.1) is 18.6 Å². The van der Waals surface area contributed by atoms with Crippen molar-refractivity contribution in [1.82, 2.24) is 15.0 Å². The third kappa shape index (κ3) is 4.42. The third-order valence-corrected chi connectivity index (χ3v) is 4.34. The van der Waals surface area contributed by atoms with Crippen molar-refractivity contribution in [3.63, 3.8) is 0 Å². The van der Waals surface area contributed by atoms with Crippen LogP contribution in [0.4, 0.5) is 26.4 Å². The molecule has 0 aliphatic carbocycles. The van der Waals surface area contributed by atoms with Gasteiger partial charge in [0.25, 0.3) is 0 Å². The maximum atomic E-state index is 13.3. The third-order valence-electron chi connectivity index (χ3n) is 3.35. The Morgan fingerprint density at radius 3 is 2.60 bits per heavy atom. The van der Waals surface area contributed by atoms with E-state index in [2.05, 4.69) is 20.3 Å². The SMILES string of the molecule is Cc1ccccc1Nc1nc(N)nc(CSc2ccc(F)c(F)c2)n1. The molecule has 3 N–H and O–H groups in total. The fraction of sp³-hybridized carbons (Fsp3) is 0.118. The molecule has 0 saturated heterocycles. The minimum absolute atomic E-state index is 0.0898. The van der Waals surface area contributed by atoms with E-state index < -0.39 is 11.6 Å². The Labute approximate surface area is 147 Å². The first-order chi connectivity index (χ1) is 12.0. The second kappa shape index (κ2) is 7.43. The second-order valence-electron chi connectivity index (χ2n) is 5.24. The number of nitrogens with zero attached hydrogens (tertiary/aromatic N) is 3. The number of hydrogen-bond acceptors (Lipinski definition) is 6. The topological polar surface area (TPSA) is 76.7 Å². The van der Waals surface area contributed by atoms with Crippen LogP contribution in [0.3, 0.4) is 0 Å². The van der Waals surface area contributed by atoms with E-state index >= 15 is 0 Å². The Morgan fingerprint density at radius 1 is 1.04 bits per heavy atom. The number of hydrogen-bond donors (Lipinski definition) is 2. The van der Waals surface area contributed by atoms with Gasteiger partial charge in [0.2, 0.25) is 11.9 Å². The number of rotatable bonds is 5. The van der Waals surface area contributed by atoms with Crippen molar-refractivity contribution in [2.45, 2.75) is 17.6 Å². The van der Waals surface area contributed by atoms with Gasteiger partial charge >= 0.3 is 0 Å². The highest BCUT2D eigenvalue weighted by Crippen LogP contribution is 2.24. The van der Waals surface area contributed by atoms with Gasteiger partial charge in [-0.05, 0) is 36.8 Å². The lowest BCUT2D eigenvalue weighted by Crippen LogP contribution is -2.07. The molecule has 0 fully saturated rings. The zero-order chi connectivity index (χ0) is 17.8. The van der Waals surface area contributed by atoms with Crippen LogP contribution >= 0.6 is 11.8 Å². The molecule has 0 unspecified atom stereocenters. The lowest BCUT2D eigenvalue weighted by Gasteiger charge is -2.09. The molecule has 0 atom stereocenters. The van der Waals surface area contributed by atoms with Crippen molar-refractivity contribution in [1.29, 1.82) is 0 Å². The van der Waals surface area contributed by atoms with Crippen molar-refractivity contribution >= 4 is 29.3 Å². The van der Waals surface area contributed by atoms with Crippen molar-refractivity contribution < 1.29 is 8.78 Å². The van der Waals surface area contributed by atoms with Gasteiger partial charge in [-0.2, -0.15) is 15.0 Å². The van der Waals surface area contributed by atoms with Crippen LogP contribution in [0.1, 0.15) is 11.4 Å². The summed E-state index contributed by atoms with van der Waals surface area (Å²) in [5.74, 6) is -0.547. The number of para-hydroxylation sites is 1. The summed E-state index contributed by atoms with van der Waals surface area (Å²) >= 11 is 1.28. The zero-order valence-electron chi connectivity index (χ0n) is 13.3. The van der Waals surface area contributed by atoms with Crippen LogP contribution in [0.5, 0.6) is 0 Å². The molecule has 0 radical (unpaired) electrons. The molecular formula is C17H15F2N5S. The Kier molecular flexibility index (Phi) is 5.08. The Morgan fingerprint density at radius 2 is 1.84 bits per heavy atom. The molecule has 3 rings (SSSR count). The molecular weight excluding hydrogens is 344 g/mol. The number of nitrogens with one attached hydrogen (secondary N) is 1. The molecule has 1 heterocycles. The van der Waals surface area contributed by atoms with Crippen LogP contribution in [0.25, 0.3) is 0 Å². The number of anilines is 3. The minimum Gasteiger partial charge on any atom is -0.368 e. The predicted molar refractivity (Wildman–Crippen MR) is 94.6 cm³/mol. The van der Waals surface area contributed by atoms with Gasteiger partial charge in [0.05, 0.1) is 5.75 Å². The van der Waals surface area contributed by atoms with E-state index in [1.54, 1.807) is 0 Å². The quantitative estimate of drug-likeness (QED) is 0.669. The molecule has 0 saturated carbocycles. The number of aromatic nitrogens is 3. The minimum atomic E-state index is -0.887. The number of nitrogen functional groups attached to an aromatic ring is 1. The van der Waals surface area contributed by atoms with Crippen LogP contribution in [-0.4, -0.2) is 15.0 Å². The summed E-state index contributed by atoms with van der Waals surface area (Å²) in [6.45, 7) is 1.97. The van der Waals surface area contributed by atoms with E-state index in [1.165, 1.54) is 17.8 Å². The predicted octanol–water partition coefficient (Wildman–Crippen LogP) is 4.08. The van der Waals surface area contributed by atoms with E-state index in [9.17, 15) is 8.78 Å². The second-order valence-corrected chi connectivity index (χ2v) is 6.29. The van der Waals surface area contributed by atoms with Crippen molar-refractivity contribution in [3.8, 4) is 0 Å². The van der Waals surface area contributed by atoms with E-state index in [-0.39, 0.29) is 5.95 Å². The summed E-state index contributed by atoms with van der Waals surface area (Å²) in [5, 5.41) is 3.11. The Balaban J connectivity index is 1.75. The zero-order valence-corrected chi connectivity index (χ0v) is 14.1. The highest BCUT2D eigenvalue weighted by Gasteiger charge is 2.08. The lowest BCUT2D eigenvalue weighted by atomic mass is 10.2. The molecule has 8 heteroatoms. The fourth-order valence-electron chi connectivity index (χ4n) is 2.11. The Bertz CT molecular complexity index is 904. The largest absolute Gasteiger partial charge is 0.368 e. The molecule has 0 bridgehead atoms.